The Morgan fingerprint density at radius 2 is 1.79 bits per heavy atom. The molecule has 3 nitrogen and oxygen atoms in total. The maximum atomic E-state index is 9.01. The summed E-state index contributed by atoms with van der Waals surface area (Å²) in [7, 11) is 2.00. The molecule has 0 aromatic heterocycles. The monoisotopic (exact) mass is 252 g/mol. The second kappa shape index (κ2) is 6.03. The van der Waals surface area contributed by atoms with Gasteiger partial charge >= 0.3 is 0 Å². The van der Waals surface area contributed by atoms with Crippen LogP contribution in [0.2, 0.25) is 0 Å². The summed E-state index contributed by atoms with van der Waals surface area (Å²) < 4.78 is 0. The number of hydrogen-bond donors (Lipinski definition) is 1. The number of anilines is 1. The summed E-state index contributed by atoms with van der Waals surface area (Å²) in [4.78, 5) is 2.09. The minimum atomic E-state index is 0.0698. The smallest absolute Gasteiger partial charge is 0.0992 e. The number of aliphatic hydroxyl groups is 1. The lowest BCUT2D eigenvalue weighted by Crippen LogP contribution is -2.16. The van der Waals surface area contributed by atoms with Crippen molar-refractivity contribution >= 4 is 5.69 Å². The maximum Gasteiger partial charge on any atom is 0.0992 e. The van der Waals surface area contributed by atoms with Crippen molar-refractivity contribution in [2.45, 2.75) is 13.2 Å². The molecule has 2 aromatic carbocycles. The molecular weight excluding hydrogens is 236 g/mol. The Balaban J connectivity index is 2.11. The van der Waals surface area contributed by atoms with Crippen molar-refractivity contribution < 1.29 is 5.11 Å². The van der Waals surface area contributed by atoms with Gasteiger partial charge in [-0.05, 0) is 29.3 Å². The molecule has 0 saturated carbocycles. The van der Waals surface area contributed by atoms with Crippen LogP contribution in [0.5, 0.6) is 0 Å². The van der Waals surface area contributed by atoms with Crippen molar-refractivity contribution in [2.24, 2.45) is 0 Å². The Bertz CT molecular complexity index is 584. The minimum absolute atomic E-state index is 0.0698. The van der Waals surface area contributed by atoms with Gasteiger partial charge in [0.05, 0.1) is 18.2 Å². The zero-order valence-electron chi connectivity index (χ0n) is 10.9. The molecule has 0 aliphatic carbocycles. The second-order valence-electron chi connectivity index (χ2n) is 4.49. The third-order valence-corrected chi connectivity index (χ3v) is 3.04. The molecule has 0 radical (unpaired) electrons. The molecule has 0 spiro atoms. The maximum absolute atomic E-state index is 9.01. The van der Waals surface area contributed by atoms with Gasteiger partial charge in [0.15, 0.2) is 0 Å². The van der Waals surface area contributed by atoms with Crippen LogP contribution in [0.1, 0.15) is 16.7 Å². The Morgan fingerprint density at radius 1 is 1.11 bits per heavy atom. The predicted molar refractivity (Wildman–Crippen MR) is 75.6 cm³/mol. The van der Waals surface area contributed by atoms with E-state index in [4.69, 9.17) is 10.4 Å². The lowest BCUT2D eigenvalue weighted by molar-refractivity contribution is 0.282. The fraction of sp³-hybridized carbons (Fsp3) is 0.188. The quantitative estimate of drug-likeness (QED) is 0.910. The van der Waals surface area contributed by atoms with Gasteiger partial charge in [-0.15, -0.1) is 0 Å². The summed E-state index contributed by atoms with van der Waals surface area (Å²) in [5, 5.41) is 17.9. The normalized spacial score (nSPS) is 9.95. The number of aliphatic hydroxyl groups excluding tert-OH is 1. The molecule has 0 amide bonds. The molecule has 2 aromatic rings. The summed E-state index contributed by atoms with van der Waals surface area (Å²) in [5.74, 6) is 0. The highest BCUT2D eigenvalue weighted by Crippen LogP contribution is 2.17. The van der Waals surface area contributed by atoms with Gasteiger partial charge in [0.2, 0.25) is 0 Å². The Labute approximate surface area is 113 Å². The summed E-state index contributed by atoms with van der Waals surface area (Å²) >= 11 is 0. The highest BCUT2D eigenvalue weighted by molar-refractivity contribution is 5.51. The first-order chi connectivity index (χ1) is 9.22. The molecule has 0 saturated heterocycles. The standard InChI is InChI=1S/C16H16N2O/c1-18(16-4-2-3-15(9-16)10-17)11-13-5-7-14(12-19)8-6-13/h2-9,19H,11-12H2,1H3. The number of hydrogen-bond acceptors (Lipinski definition) is 3. The average Bonchev–Trinajstić information content (AvgIpc) is 2.48. The topological polar surface area (TPSA) is 47.3 Å². The largest absolute Gasteiger partial charge is 0.392 e. The van der Waals surface area contributed by atoms with E-state index < -0.39 is 0 Å². The molecule has 19 heavy (non-hydrogen) atoms. The van der Waals surface area contributed by atoms with E-state index in [0.29, 0.717) is 5.56 Å². The van der Waals surface area contributed by atoms with E-state index in [1.165, 1.54) is 5.56 Å². The lowest BCUT2D eigenvalue weighted by atomic mass is 10.1. The van der Waals surface area contributed by atoms with E-state index >= 15 is 0 Å². The molecular formula is C16H16N2O. The second-order valence-corrected chi connectivity index (χ2v) is 4.49. The Morgan fingerprint density at radius 3 is 2.42 bits per heavy atom. The zero-order valence-corrected chi connectivity index (χ0v) is 10.9. The number of nitrogens with zero attached hydrogens (tertiary/aromatic N) is 2. The van der Waals surface area contributed by atoms with E-state index in [1.807, 2.05) is 49.5 Å². The first-order valence-electron chi connectivity index (χ1n) is 6.13. The van der Waals surface area contributed by atoms with Crippen molar-refractivity contribution in [3.8, 4) is 6.07 Å². The molecule has 0 heterocycles. The number of nitriles is 1. The predicted octanol–water partition coefficient (Wildman–Crippen LogP) is 2.69. The van der Waals surface area contributed by atoms with E-state index in [-0.39, 0.29) is 6.61 Å². The van der Waals surface area contributed by atoms with Crippen molar-refractivity contribution in [1.29, 1.82) is 5.26 Å². The van der Waals surface area contributed by atoms with Crippen LogP contribution in [0.15, 0.2) is 48.5 Å². The van der Waals surface area contributed by atoms with Gasteiger partial charge in [0, 0.05) is 19.3 Å². The zero-order chi connectivity index (χ0) is 13.7. The van der Waals surface area contributed by atoms with Gasteiger partial charge in [-0.2, -0.15) is 5.26 Å². The first kappa shape index (κ1) is 13.1. The highest BCUT2D eigenvalue weighted by Gasteiger charge is 2.03. The molecule has 0 aliphatic rings. The summed E-state index contributed by atoms with van der Waals surface area (Å²) in [5.41, 5.74) is 3.77. The van der Waals surface area contributed by atoms with Crippen LogP contribution in [-0.2, 0) is 13.2 Å². The molecule has 3 heteroatoms. The molecule has 1 N–H and O–H groups in total. The Kier molecular flexibility index (Phi) is 4.17. The molecule has 0 atom stereocenters. The summed E-state index contributed by atoms with van der Waals surface area (Å²) in [6, 6.07) is 17.6. The summed E-state index contributed by atoms with van der Waals surface area (Å²) in [6.45, 7) is 0.834. The number of benzene rings is 2. The van der Waals surface area contributed by atoms with Gasteiger partial charge in [-0.25, -0.2) is 0 Å². The molecule has 96 valence electrons. The van der Waals surface area contributed by atoms with E-state index in [1.54, 1.807) is 6.07 Å². The van der Waals surface area contributed by atoms with E-state index in [9.17, 15) is 0 Å². The van der Waals surface area contributed by atoms with Gasteiger partial charge in [0.25, 0.3) is 0 Å². The minimum Gasteiger partial charge on any atom is -0.392 e. The van der Waals surface area contributed by atoms with Crippen molar-refractivity contribution in [2.75, 3.05) is 11.9 Å². The molecule has 2 rings (SSSR count). The van der Waals surface area contributed by atoms with Gasteiger partial charge in [-0.1, -0.05) is 30.3 Å². The van der Waals surface area contributed by atoms with Crippen LogP contribution in [-0.4, -0.2) is 12.2 Å². The third-order valence-electron chi connectivity index (χ3n) is 3.04. The number of rotatable bonds is 4. The lowest BCUT2D eigenvalue weighted by Gasteiger charge is -2.19. The van der Waals surface area contributed by atoms with Crippen molar-refractivity contribution in [1.82, 2.24) is 0 Å². The first-order valence-corrected chi connectivity index (χ1v) is 6.13. The molecule has 0 aliphatic heterocycles. The van der Waals surface area contributed by atoms with Gasteiger partial charge in [-0.3, -0.25) is 0 Å². The van der Waals surface area contributed by atoms with Crippen LogP contribution >= 0.6 is 0 Å². The van der Waals surface area contributed by atoms with Crippen molar-refractivity contribution in [3.05, 3.63) is 65.2 Å². The molecule has 0 fully saturated rings. The van der Waals surface area contributed by atoms with Gasteiger partial charge < -0.3 is 10.0 Å². The van der Waals surface area contributed by atoms with E-state index in [0.717, 1.165) is 17.8 Å². The Hall–Kier alpha value is -2.31. The van der Waals surface area contributed by atoms with Crippen LogP contribution < -0.4 is 4.90 Å². The fourth-order valence-electron chi connectivity index (χ4n) is 1.93. The van der Waals surface area contributed by atoms with Crippen LogP contribution in [0.4, 0.5) is 5.69 Å². The summed E-state index contributed by atoms with van der Waals surface area (Å²) in [6.07, 6.45) is 0. The third kappa shape index (κ3) is 3.34. The van der Waals surface area contributed by atoms with Gasteiger partial charge in [0.1, 0.15) is 0 Å². The highest BCUT2D eigenvalue weighted by atomic mass is 16.3. The van der Waals surface area contributed by atoms with Crippen LogP contribution in [0.25, 0.3) is 0 Å². The van der Waals surface area contributed by atoms with Crippen LogP contribution in [0, 0.1) is 11.3 Å². The van der Waals surface area contributed by atoms with Crippen LogP contribution in [0.3, 0.4) is 0 Å². The fourth-order valence-corrected chi connectivity index (χ4v) is 1.93. The SMILES string of the molecule is CN(Cc1ccc(CO)cc1)c1cccc(C#N)c1. The van der Waals surface area contributed by atoms with E-state index in [2.05, 4.69) is 11.0 Å². The average molecular weight is 252 g/mol. The molecule has 0 bridgehead atoms. The van der Waals surface area contributed by atoms with Crippen molar-refractivity contribution in [3.63, 3.8) is 0 Å². The molecule has 0 unspecified atom stereocenters.